The number of hydrogen-bond acceptors (Lipinski definition) is 3. The van der Waals surface area contributed by atoms with Gasteiger partial charge in [0.1, 0.15) is 6.61 Å². The standard InChI is InChI=1S/C11H15N3O/c1-12-7-8-15-11-13-9-5-3-4-6-10(9)14(11)2/h3-6,12H,7-8H2,1-2H3. The molecule has 1 heterocycles. The molecule has 0 fully saturated rings. The molecule has 0 aliphatic carbocycles. The lowest BCUT2D eigenvalue weighted by molar-refractivity contribution is 0.286. The van der Waals surface area contributed by atoms with Crippen molar-refractivity contribution in [2.75, 3.05) is 20.2 Å². The lowest BCUT2D eigenvalue weighted by Crippen LogP contribution is -2.17. The van der Waals surface area contributed by atoms with Gasteiger partial charge in [0.2, 0.25) is 0 Å². The summed E-state index contributed by atoms with van der Waals surface area (Å²) in [5.41, 5.74) is 2.07. The van der Waals surface area contributed by atoms with Gasteiger partial charge in [-0.1, -0.05) is 12.1 Å². The molecule has 1 aromatic heterocycles. The molecule has 4 nitrogen and oxygen atoms in total. The molecule has 2 rings (SSSR count). The van der Waals surface area contributed by atoms with Gasteiger partial charge in [-0.15, -0.1) is 0 Å². The SMILES string of the molecule is CNCCOc1nc2ccccc2n1C. The highest BCUT2D eigenvalue weighted by atomic mass is 16.5. The Balaban J connectivity index is 2.24. The second-order valence-electron chi connectivity index (χ2n) is 3.39. The number of hydrogen-bond donors (Lipinski definition) is 1. The fraction of sp³-hybridized carbons (Fsp3) is 0.364. The van der Waals surface area contributed by atoms with E-state index in [2.05, 4.69) is 10.3 Å². The van der Waals surface area contributed by atoms with Crippen LogP contribution in [0.2, 0.25) is 0 Å². The molecule has 2 aromatic rings. The van der Waals surface area contributed by atoms with Gasteiger partial charge < -0.3 is 10.1 Å². The molecule has 0 aliphatic rings. The lowest BCUT2D eigenvalue weighted by atomic mass is 10.3. The Morgan fingerprint density at radius 1 is 1.40 bits per heavy atom. The Kier molecular flexibility index (Phi) is 2.87. The van der Waals surface area contributed by atoms with Crippen molar-refractivity contribution in [3.05, 3.63) is 24.3 Å². The first kappa shape index (κ1) is 9.98. The second-order valence-corrected chi connectivity index (χ2v) is 3.39. The first-order valence-electron chi connectivity index (χ1n) is 5.02. The molecule has 1 N–H and O–H groups in total. The van der Waals surface area contributed by atoms with Crippen molar-refractivity contribution in [3.8, 4) is 6.01 Å². The van der Waals surface area contributed by atoms with E-state index in [1.165, 1.54) is 0 Å². The Bertz CT molecular complexity index is 450. The van der Waals surface area contributed by atoms with Gasteiger partial charge in [-0.25, -0.2) is 0 Å². The summed E-state index contributed by atoms with van der Waals surface area (Å²) in [6.45, 7) is 1.46. The van der Waals surface area contributed by atoms with Crippen molar-refractivity contribution in [2.24, 2.45) is 7.05 Å². The van der Waals surface area contributed by atoms with Crippen LogP contribution in [0.4, 0.5) is 0 Å². The summed E-state index contributed by atoms with van der Waals surface area (Å²) in [5, 5.41) is 3.03. The lowest BCUT2D eigenvalue weighted by Gasteiger charge is -2.04. The Morgan fingerprint density at radius 2 is 2.20 bits per heavy atom. The van der Waals surface area contributed by atoms with Gasteiger partial charge >= 0.3 is 0 Å². The fourth-order valence-corrected chi connectivity index (χ4v) is 1.50. The molecular formula is C11H15N3O. The van der Waals surface area contributed by atoms with Crippen LogP contribution in [0.15, 0.2) is 24.3 Å². The Hall–Kier alpha value is -1.55. The maximum absolute atomic E-state index is 5.55. The number of fused-ring (bicyclic) bond motifs is 1. The summed E-state index contributed by atoms with van der Waals surface area (Å²) in [4.78, 5) is 4.40. The van der Waals surface area contributed by atoms with Crippen LogP contribution in [0.25, 0.3) is 11.0 Å². The number of benzene rings is 1. The van der Waals surface area contributed by atoms with Crippen LogP contribution in [0.5, 0.6) is 6.01 Å². The third-order valence-corrected chi connectivity index (χ3v) is 2.33. The first-order chi connectivity index (χ1) is 7.33. The van der Waals surface area contributed by atoms with Crippen LogP contribution >= 0.6 is 0 Å². The monoisotopic (exact) mass is 205 g/mol. The van der Waals surface area contributed by atoms with E-state index < -0.39 is 0 Å². The smallest absolute Gasteiger partial charge is 0.297 e. The van der Waals surface area contributed by atoms with Gasteiger partial charge in [0, 0.05) is 13.6 Å². The highest BCUT2D eigenvalue weighted by molar-refractivity contribution is 5.76. The van der Waals surface area contributed by atoms with Crippen LogP contribution in [-0.2, 0) is 7.05 Å². The number of ether oxygens (including phenoxy) is 1. The predicted molar refractivity (Wildman–Crippen MR) is 60.1 cm³/mol. The van der Waals surface area contributed by atoms with Crippen molar-refractivity contribution < 1.29 is 4.74 Å². The topological polar surface area (TPSA) is 39.1 Å². The second kappa shape index (κ2) is 4.31. The molecule has 0 spiro atoms. The average molecular weight is 205 g/mol. The molecular weight excluding hydrogens is 190 g/mol. The minimum atomic E-state index is 0.633. The molecule has 0 saturated carbocycles. The molecule has 0 radical (unpaired) electrons. The highest BCUT2D eigenvalue weighted by Gasteiger charge is 2.06. The maximum atomic E-state index is 5.55. The molecule has 1 aromatic carbocycles. The van der Waals surface area contributed by atoms with Gasteiger partial charge in [0.25, 0.3) is 6.01 Å². The minimum absolute atomic E-state index is 0.633. The van der Waals surface area contributed by atoms with E-state index in [-0.39, 0.29) is 0 Å². The Morgan fingerprint density at radius 3 is 2.93 bits per heavy atom. The zero-order valence-corrected chi connectivity index (χ0v) is 9.03. The normalized spacial score (nSPS) is 10.8. The molecule has 0 unspecified atom stereocenters. The highest BCUT2D eigenvalue weighted by Crippen LogP contribution is 2.18. The van der Waals surface area contributed by atoms with Crippen molar-refractivity contribution in [1.82, 2.24) is 14.9 Å². The molecule has 0 saturated heterocycles. The van der Waals surface area contributed by atoms with E-state index in [0.717, 1.165) is 17.6 Å². The third kappa shape index (κ3) is 1.94. The van der Waals surface area contributed by atoms with Crippen LogP contribution in [0.3, 0.4) is 0 Å². The van der Waals surface area contributed by atoms with Crippen molar-refractivity contribution in [1.29, 1.82) is 0 Å². The van der Waals surface area contributed by atoms with E-state index in [1.54, 1.807) is 0 Å². The fourth-order valence-electron chi connectivity index (χ4n) is 1.50. The van der Waals surface area contributed by atoms with Gasteiger partial charge in [-0.05, 0) is 19.2 Å². The molecule has 4 heteroatoms. The van der Waals surface area contributed by atoms with E-state index in [0.29, 0.717) is 12.6 Å². The largest absolute Gasteiger partial charge is 0.463 e. The van der Waals surface area contributed by atoms with Gasteiger partial charge in [-0.2, -0.15) is 4.98 Å². The zero-order valence-electron chi connectivity index (χ0n) is 9.03. The summed E-state index contributed by atoms with van der Waals surface area (Å²) >= 11 is 0. The number of aromatic nitrogens is 2. The Labute approximate surface area is 88.9 Å². The van der Waals surface area contributed by atoms with E-state index >= 15 is 0 Å². The molecule has 0 atom stereocenters. The number of imidazole rings is 1. The number of nitrogens with one attached hydrogen (secondary N) is 1. The number of nitrogens with zero attached hydrogens (tertiary/aromatic N) is 2. The van der Waals surface area contributed by atoms with E-state index in [1.807, 2.05) is 42.9 Å². The number of rotatable bonds is 4. The molecule has 0 amide bonds. The van der Waals surface area contributed by atoms with Crippen LogP contribution < -0.4 is 10.1 Å². The first-order valence-corrected chi connectivity index (χ1v) is 5.02. The van der Waals surface area contributed by atoms with E-state index in [9.17, 15) is 0 Å². The number of likely N-dealkylation sites (N-methyl/N-ethyl adjacent to an activating group) is 1. The molecule has 15 heavy (non-hydrogen) atoms. The molecule has 80 valence electrons. The minimum Gasteiger partial charge on any atom is -0.463 e. The summed E-state index contributed by atoms with van der Waals surface area (Å²) in [7, 11) is 3.86. The van der Waals surface area contributed by atoms with E-state index in [4.69, 9.17) is 4.74 Å². The van der Waals surface area contributed by atoms with Crippen molar-refractivity contribution in [3.63, 3.8) is 0 Å². The van der Waals surface area contributed by atoms with Crippen molar-refractivity contribution >= 4 is 11.0 Å². The average Bonchev–Trinajstić information content (AvgIpc) is 2.57. The number of para-hydroxylation sites is 2. The van der Waals surface area contributed by atoms with Gasteiger partial charge in [0.15, 0.2) is 0 Å². The zero-order chi connectivity index (χ0) is 10.7. The van der Waals surface area contributed by atoms with Crippen LogP contribution in [0, 0.1) is 0 Å². The summed E-state index contributed by atoms with van der Waals surface area (Å²) in [6.07, 6.45) is 0. The van der Waals surface area contributed by atoms with Crippen LogP contribution in [-0.4, -0.2) is 29.8 Å². The molecule has 0 aliphatic heterocycles. The maximum Gasteiger partial charge on any atom is 0.297 e. The third-order valence-electron chi connectivity index (χ3n) is 2.33. The van der Waals surface area contributed by atoms with Crippen molar-refractivity contribution in [2.45, 2.75) is 0 Å². The van der Waals surface area contributed by atoms with Gasteiger partial charge in [0.05, 0.1) is 11.0 Å². The molecule has 0 bridgehead atoms. The predicted octanol–water partition coefficient (Wildman–Crippen LogP) is 1.17. The summed E-state index contributed by atoms with van der Waals surface area (Å²) in [5.74, 6) is 0. The number of aryl methyl sites for hydroxylation is 1. The van der Waals surface area contributed by atoms with Gasteiger partial charge in [-0.3, -0.25) is 4.57 Å². The quantitative estimate of drug-likeness (QED) is 0.762. The summed E-state index contributed by atoms with van der Waals surface area (Å²) in [6, 6.07) is 8.67. The van der Waals surface area contributed by atoms with Crippen LogP contribution in [0.1, 0.15) is 0 Å². The summed E-state index contributed by atoms with van der Waals surface area (Å²) < 4.78 is 7.51.